The van der Waals surface area contributed by atoms with E-state index in [1.165, 1.54) is 6.21 Å². The zero-order valence-electron chi connectivity index (χ0n) is 12.7. The Kier molecular flexibility index (Phi) is 4.73. The summed E-state index contributed by atoms with van der Waals surface area (Å²) in [5, 5.41) is 0.595. The predicted octanol–water partition coefficient (Wildman–Crippen LogP) is 4.45. The highest BCUT2D eigenvalue weighted by atomic mass is 35.5. The van der Waals surface area contributed by atoms with Crippen LogP contribution >= 0.6 is 11.6 Å². The second-order valence-electron chi connectivity index (χ2n) is 6.04. The molecule has 0 saturated carbocycles. The van der Waals surface area contributed by atoms with E-state index in [9.17, 15) is 8.42 Å². The van der Waals surface area contributed by atoms with Crippen molar-refractivity contribution < 1.29 is 8.42 Å². The molecule has 116 valence electrons. The van der Waals surface area contributed by atoms with E-state index in [4.69, 9.17) is 11.6 Å². The summed E-state index contributed by atoms with van der Waals surface area (Å²) in [5.74, 6) is 0. The van der Waals surface area contributed by atoms with Gasteiger partial charge in [0.1, 0.15) is 0 Å². The maximum atomic E-state index is 12.2. The molecule has 0 N–H and O–H groups in total. The van der Waals surface area contributed by atoms with E-state index in [1.807, 2.05) is 12.1 Å². The van der Waals surface area contributed by atoms with Crippen LogP contribution in [0.4, 0.5) is 0 Å². The maximum absolute atomic E-state index is 12.2. The van der Waals surface area contributed by atoms with E-state index < -0.39 is 10.0 Å². The van der Waals surface area contributed by atoms with E-state index in [0.717, 1.165) is 5.56 Å². The van der Waals surface area contributed by atoms with E-state index in [-0.39, 0.29) is 10.3 Å². The Morgan fingerprint density at radius 3 is 2.00 bits per heavy atom. The molecule has 3 nitrogen and oxygen atoms in total. The van der Waals surface area contributed by atoms with Crippen molar-refractivity contribution in [3.8, 4) is 0 Å². The van der Waals surface area contributed by atoms with Gasteiger partial charge < -0.3 is 0 Å². The Morgan fingerprint density at radius 2 is 1.50 bits per heavy atom. The first-order chi connectivity index (χ1) is 10.2. The Bertz CT molecular complexity index is 771. The Morgan fingerprint density at radius 1 is 0.955 bits per heavy atom. The van der Waals surface area contributed by atoms with Gasteiger partial charge in [0, 0.05) is 11.2 Å². The summed E-state index contributed by atoms with van der Waals surface area (Å²) in [6, 6.07) is 13.6. The smallest absolute Gasteiger partial charge is 0.199 e. The highest BCUT2D eigenvalue weighted by molar-refractivity contribution is 7.90. The van der Waals surface area contributed by atoms with E-state index in [2.05, 4.69) is 25.2 Å². The predicted molar refractivity (Wildman–Crippen MR) is 91.4 cm³/mol. The molecule has 2 aromatic rings. The molecule has 2 rings (SSSR count). The summed E-state index contributed by atoms with van der Waals surface area (Å²) in [6.07, 6.45) is 1.32. The summed E-state index contributed by atoms with van der Waals surface area (Å²) < 4.78 is 28.1. The van der Waals surface area contributed by atoms with Crippen LogP contribution in [0.2, 0.25) is 5.02 Å². The molecule has 5 heteroatoms. The summed E-state index contributed by atoms with van der Waals surface area (Å²) >= 11 is 5.79. The average molecular weight is 336 g/mol. The van der Waals surface area contributed by atoms with Crippen LogP contribution in [0.5, 0.6) is 0 Å². The molecular formula is C17H18ClNO2S. The lowest BCUT2D eigenvalue weighted by molar-refractivity contribution is 0.587. The van der Waals surface area contributed by atoms with Crippen molar-refractivity contribution in [3.05, 3.63) is 64.7 Å². The number of nitrogens with zero attached hydrogens (tertiary/aromatic N) is 1. The SMILES string of the molecule is CC(C)(C)c1ccc(S(=O)(=O)/N=C/c2ccc(Cl)cc2)cc1. The third-order valence-electron chi connectivity index (χ3n) is 3.23. The van der Waals surface area contributed by atoms with Crippen LogP contribution in [0.25, 0.3) is 0 Å². The Hall–Kier alpha value is -1.65. The molecule has 2 aromatic carbocycles. The highest BCUT2D eigenvalue weighted by Gasteiger charge is 2.16. The van der Waals surface area contributed by atoms with Crippen molar-refractivity contribution in [2.24, 2.45) is 4.40 Å². The third kappa shape index (κ3) is 4.18. The number of halogens is 1. The van der Waals surface area contributed by atoms with Gasteiger partial charge in [0.25, 0.3) is 10.0 Å². The third-order valence-corrected chi connectivity index (χ3v) is 4.73. The lowest BCUT2D eigenvalue weighted by Gasteiger charge is -2.18. The molecule has 0 aromatic heterocycles. The molecule has 0 aliphatic rings. The molecule has 22 heavy (non-hydrogen) atoms. The van der Waals surface area contributed by atoms with Crippen molar-refractivity contribution in [1.82, 2.24) is 0 Å². The van der Waals surface area contributed by atoms with Crippen LogP contribution in [0, 0.1) is 0 Å². The molecule has 0 atom stereocenters. The zero-order chi connectivity index (χ0) is 16.4. The Balaban J connectivity index is 2.25. The first-order valence-corrected chi connectivity index (χ1v) is 8.67. The van der Waals surface area contributed by atoms with Crippen LogP contribution in [-0.2, 0) is 15.4 Å². The van der Waals surface area contributed by atoms with E-state index >= 15 is 0 Å². The molecule has 0 fully saturated rings. The topological polar surface area (TPSA) is 46.5 Å². The molecule has 0 spiro atoms. The van der Waals surface area contributed by atoms with Gasteiger partial charge in [0.2, 0.25) is 0 Å². The van der Waals surface area contributed by atoms with Crippen molar-refractivity contribution in [2.75, 3.05) is 0 Å². The molecule has 0 unspecified atom stereocenters. The molecule has 0 aliphatic carbocycles. The fourth-order valence-corrected chi connectivity index (χ4v) is 2.86. The van der Waals surface area contributed by atoms with Gasteiger partial charge in [0.05, 0.1) is 4.90 Å². The molecule has 0 radical (unpaired) electrons. The normalized spacial score (nSPS) is 12.7. The first-order valence-electron chi connectivity index (χ1n) is 6.85. The minimum Gasteiger partial charge on any atom is -0.199 e. The van der Waals surface area contributed by atoms with Gasteiger partial charge in [0.15, 0.2) is 0 Å². The number of hydrogen-bond acceptors (Lipinski definition) is 2. The number of rotatable bonds is 3. The second kappa shape index (κ2) is 6.23. The fraction of sp³-hybridized carbons (Fsp3) is 0.235. The van der Waals surface area contributed by atoms with Crippen LogP contribution in [0.15, 0.2) is 57.8 Å². The van der Waals surface area contributed by atoms with Crippen LogP contribution in [0.3, 0.4) is 0 Å². The zero-order valence-corrected chi connectivity index (χ0v) is 14.3. The van der Waals surface area contributed by atoms with Crippen molar-refractivity contribution >= 4 is 27.8 Å². The van der Waals surface area contributed by atoms with Crippen LogP contribution in [-0.4, -0.2) is 14.6 Å². The van der Waals surface area contributed by atoms with Gasteiger partial charge in [-0.3, -0.25) is 0 Å². The van der Waals surface area contributed by atoms with Crippen molar-refractivity contribution in [3.63, 3.8) is 0 Å². The van der Waals surface area contributed by atoms with Crippen molar-refractivity contribution in [2.45, 2.75) is 31.1 Å². The molecule has 0 bridgehead atoms. The maximum Gasteiger partial charge on any atom is 0.282 e. The van der Waals surface area contributed by atoms with Gasteiger partial charge in [-0.1, -0.05) is 56.6 Å². The highest BCUT2D eigenvalue weighted by Crippen LogP contribution is 2.24. The number of benzene rings is 2. The molecule has 0 saturated heterocycles. The molecule has 0 heterocycles. The summed E-state index contributed by atoms with van der Waals surface area (Å²) in [7, 11) is -3.69. The second-order valence-corrected chi connectivity index (χ2v) is 8.10. The van der Waals surface area contributed by atoms with Crippen LogP contribution < -0.4 is 0 Å². The average Bonchev–Trinajstić information content (AvgIpc) is 2.46. The van der Waals surface area contributed by atoms with E-state index in [1.54, 1.807) is 36.4 Å². The summed E-state index contributed by atoms with van der Waals surface area (Å²) in [6.45, 7) is 6.24. The van der Waals surface area contributed by atoms with Crippen molar-refractivity contribution in [1.29, 1.82) is 0 Å². The van der Waals surface area contributed by atoms with Gasteiger partial charge >= 0.3 is 0 Å². The molecule has 0 aliphatic heterocycles. The van der Waals surface area contributed by atoms with Gasteiger partial charge in [-0.15, -0.1) is 0 Å². The number of sulfonamides is 1. The number of hydrogen-bond donors (Lipinski definition) is 0. The summed E-state index contributed by atoms with van der Waals surface area (Å²) in [5.41, 5.74) is 1.74. The lowest BCUT2D eigenvalue weighted by atomic mass is 9.87. The van der Waals surface area contributed by atoms with Gasteiger partial charge in [-0.25, -0.2) is 0 Å². The van der Waals surface area contributed by atoms with Gasteiger partial charge in [-0.05, 0) is 40.8 Å². The minimum absolute atomic E-state index is 0.0190. The quantitative estimate of drug-likeness (QED) is 0.778. The van der Waals surface area contributed by atoms with Crippen LogP contribution in [0.1, 0.15) is 31.9 Å². The van der Waals surface area contributed by atoms with Gasteiger partial charge in [-0.2, -0.15) is 12.8 Å². The monoisotopic (exact) mass is 335 g/mol. The molecule has 0 amide bonds. The minimum atomic E-state index is -3.69. The fourth-order valence-electron chi connectivity index (χ4n) is 1.87. The first kappa shape index (κ1) is 16.7. The lowest BCUT2D eigenvalue weighted by Crippen LogP contribution is -2.11. The summed E-state index contributed by atoms with van der Waals surface area (Å²) in [4.78, 5) is 0.186. The largest absolute Gasteiger partial charge is 0.282 e. The standard InChI is InChI=1S/C17H18ClNO2S/c1-17(2,3)14-6-10-16(11-7-14)22(20,21)19-12-13-4-8-15(18)9-5-13/h4-12H,1-3H3/b19-12+. The Labute approximate surface area is 136 Å². The van der Waals surface area contributed by atoms with E-state index in [0.29, 0.717) is 10.6 Å². The molecular weight excluding hydrogens is 318 g/mol.